The molecular formula is C10H19BrO2. The molecule has 0 aromatic carbocycles. The lowest BCUT2D eigenvalue weighted by Crippen LogP contribution is -2.34. The van der Waals surface area contributed by atoms with Crippen LogP contribution in [0.15, 0.2) is 0 Å². The molecule has 3 heteroatoms. The lowest BCUT2D eigenvalue weighted by Gasteiger charge is -2.35. The maximum atomic E-state index is 5.52. The van der Waals surface area contributed by atoms with Crippen molar-refractivity contribution in [3.63, 3.8) is 0 Å². The smallest absolute Gasteiger partial charge is 0.0531 e. The summed E-state index contributed by atoms with van der Waals surface area (Å²) in [5.74, 6) is 0. The summed E-state index contributed by atoms with van der Waals surface area (Å²) in [5, 5.41) is 1.03. The summed E-state index contributed by atoms with van der Waals surface area (Å²) in [6.45, 7) is 5.55. The van der Waals surface area contributed by atoms with E-state index in [2.05, 4.69) is 15.9 Å². The van der Waals surface area contributed by atoms with Gasteiger partial charge < -0.3 is 9.47 Å². The number of alkyl halides is 1. The Hall–Kier alpha value is 0.400. The van der Waals surface area contributed by atoms with Crippen LogP contribution >= 0.6 is 15.9 Å². The third kappa shape index (κ3) is 3.56. The molecule has 1 aliphatic heterocycles. The van der Waals surface area contributed by atoms with Crippen molar-refractivity contribution in [2.45, 2.75) is 26.2 Å². The van der Waals surface area contributed by atoms with Gasteiger partial charge in [-0.05, 0) is 26.2 Å². The molecule has 0 radical (unpaired) electrons. The summed E-state index contributed by atoms with van der Waals surface area (Å²) >= 11 is 3.58. The zero-order chi connectivity index (χ0) is 9.57. The van der Waals surface area contributed by atoms with Gasteiger partial charge in [-0.1, -0.05) is 15.9 Å². The van der Waals surface area contributed by atoms with E-state index < -0.39 is 0 Å². The highest BCUT2D eigenvalue weighted by molar-refractivity contribution is 9.09. The minimum Gasteiger partial charge on any atom is -0.382 e. The number of halogens is 1. The summed E-state index contributed by atoms with van der Waals surface area (Å²) in [6.07, 6.45) is 3.58. The minimum absolute atomic E-state index is 0.341. The normalized spacial score (nSPS) is 29.1. The van der Waals surface area contributed by atoms with Gasteiger partial charge >= 0.3 is 0 Å². The van der Waals surface area contributed by atoms with Crippen molar-refractivity contribution < 1.29 is 9.47 Å². The van der Waals surface area contributed by atoms with Gasteiger partial charge in [-0.25, -0.2) is 0 Å². The molecule has 13 heavy (non-hydrogen) atoms. The molecule has 1 aliphatic rings. The number of hydrogen-bond donors (Lipinski definition) is 0. The maximum absolute atomic E-state index is 5.52. The molecule has 1 saturated heterocycles. The second-order valence-corrected chi connectivity index (χ2v) is 4.30. The van der Waals surface area contributed by atoms with Gasteiger partial charge in [-0.2, -0.15) is 0 Å². The van der Waals surface area contributed by atoms with Crippen LogP contribution < -0.4 is 0 Å². The molecule has 1 heterocycles. The Labute approximate surface area is 89.1 Å². The summed E-state index contributed by atoms with van der Waals surface area (Å²) in [7, 11) is 0. The van der Waals surface area contributed by atoms with Crippen molar-refractivity contribution in [3.8, 4) is 0 Å². The van der Waals surface area contributed by atoms with Gasteiger partial charge in [-0.3, -0.25) is 0 Å². The molecule has 2 nitrogen and oxygen atoms in total. The van der Waals surface area contributed by atoms with E-state index in [1.807, 2.05) is 6.92 Å². The van der Waals surface area contributed by atoms with Gasteiger partial charge in [0.1, 0.15) is 0 Å². The summed E-state index contributed by atoms with van der Waals surface area (Å²) in [6, 6.07) is 0. The van der Waals surface area contributed by atoms with Crippen molar-refractivity contribution in [3.05, 3.63) is 0 Å². The molecule has 0 aliphatic carbocycles. The van der Waals surface area contributed by atoms with Gasteiger partial charge in [-0.15, -0.1) is 0 Å². The first-order valence-corrected chi connectivity index (χ1v) is 6.16. The van der Waals surface area contributed by atoms with E-state index in [4.69, 9.17) is 9.47 Å². The van der Waals surface area contributed by atoms with Gasteiger partial charge in [0.05, 0.1) is 6.61 Å². The fourth-order valence-electron chi connectivity index (χ4n) is 1.71. The van der Waals surface area contributed by atoms with Crippen LogP contribution in [0.4, 0.5) is 0 Å². The minimum atomic E-state index is 0.341. The number of hydrogen-bond acceptors (Lipinski definition) is 2. The lowest BCUT2D eigenvalue weighted by molar-refractivity contribution is -0.0134. The van der Waals surface area contributed by atoms with Crippen LogP contribution in [-0.4, -0.2) is 31.8 Å². The van der Waals surface area contributed by atoms with Crippen molar-refractivity contribution in [1.29, 1.82) is 0 Å². The SMILES string of the molecule is CCOCCC1(CBr)CCCOC1. The van der Waals surface area contributed by atoms with Crippen molar-refractivity contribution >= 4 is 15.9 Å². The van der Waals surface area contributed by atoms with E-state index >= 15 is 0 Å². The topological polar surface area (TPSA) is 18.5 Å². The predicted molar refractivity (Wildman–Crippen MR) is 57.4 cm³/mol. The lowest BCUT2D eigenvalue weighted by atomic mass is 9.82. The Morgan fingerprint density at radius 2 is 2.38 bits per heavy atom. The summed E-state index contributed by atoms with van der Waals surface area (Å²) in [4.78, 5) is 0. The molecule has 0 N–H and O–H groups in total. The molecular weight excluding hydrogens is 232 g/mol. The van der Waals surface area contributed by atoms with Gasteiger partial charge in [0.2, 0.25) is 0 Å². The molecule has 0 aromatic heterocycles. The maximum Gasteiger partial charge on any atom is 0.0531 e. The van der Waals surface area contributed by atoms with E-state index in [-0.39, 0.29) is 0 Å². The van der Waals surface area contributed by atoms with Gasteiger partial charge in [0, 0.05) is 30.6 Å². The van der Waals surface area contributed by atoms with E-state index in [0.717, 1.165) is 38.2 Å². The molecule has 0 spiro atoms. The average molecular weight is 251 g/mol. The number of ether oxygens (including phenoxy) is 2. The van der Waals surface area contributed by atoms with Gasteiger partial charge in [0.25, 0.3) is 0 Å². The second-order valence-electron chi connectivity index (χ2n) is 3.74. The van der Waals surface area contributed by atoms with Gasteiger partial charge in [0.15, 0.2) is 0 Å². The first kappa shape index (κ1) is 11.5. The van der Waals surface area contributed by atoms with E-state index in [0.29, 0.717) is 5.41 Å². The largest absolute Gasteiger partial charge is 0.382 e. The van der Waals surface area contributed by atoms with Crippen LogP contribution in [-0.2, 0) is 9.47 Å². The van der Waals surface area contributed by atoms with E-state index in [9.17, 15) is 0 Å². The van der Waals surface area contributed by atoms with Crippen molar-refractivity contribution in [2.24, 2.45) is 5.41 Å². The van der Waals surface area contributed by atoms with Crippen LogP contribution in [0.3, 0.4) is 0 Å². The molecule has 0 saturated carbocycles. The van der Waals surface area contributed by atoms with Crippen molar-refractivity contribution in [2.75, 3.05) is 31.8 Å². The monoisotopic (exact) mass is 250 g/mol. The summed E-state index contributed by atoms with van der Waals surface area (Å²) < 4.78 is 10.9. The zero-order valence-corrected chi connectivity index (χ0v) is 9.94. The molecule has 0 bridgehead atoms. The fraction of sp³-hybridized carbons (Fsp3) is 1.00. The fourth-order valence-corrected chi connectivity index (χ4v) is 2.44. The first-order chi connectivity index (χ1) is 6.33. The van der Waals surface area contributed by atoms with Crippen LogP contribution in [0.1, 0.15) is 26.2 Å². The van der Waals surface area contributed by atoms with Crippen LogP contribution in [0.25, 0.3) is 0 Å². The molecule has 0 aromatic rings. The Kier molecular flexibility index (Phi) is 5.29. The number of rotatable bonds is 5. The molecule has 0 amide bonds. The standard InChI is InChI=1S/C10H19BrO2/c1-2-12-7-5-10(8-11)4-3-6-13-9-10/h2-9H2,1H3. The first-order valence-electron chi connectivity index (χ1n) is 5.04. The molecule has 1 atom stereocenters. The van der Waals surface area contributed by atoms with Crippen LogP contribution in [0.5, 0.6) is 0 Å². The highest BCUT2D eigenvalue weighted by Gasteiger charge is 2.31. The summed E-state index contributed by atoms with van der Waals surface area (Å²) in [5.41, 5.74) is 0.341. The van der Waals surface area contributed by atoms with E-state index in [1.165, 1.54) is 12.8 Å². The third-order valence-corrected chi connectivity index (χ3v) is 3.86. The average Bonchev–Trinajstić information content (AvgIpc) is 2.20. The quantitative estimate of drug-likeness (QED) is 0.552. The Morgan fingerprint density at radius 1 is 1.54 bits per heavy atom. The third-order valence-electron chi connectivity index (χ3n) is 2.67. The van der Waals surface area contributed by atoms with E-state index in [1.54, 1.807) is 0 Å². The Morgan fingerprint density at radius 3 is 2.92 bits per heavy atom. The second kappa shape index (κ2) is 5.99. The van der Waals surface area contributed by atoms with Crippen molar-refractivity contribution in [1.82, 2.24) is 0 Å². The highest BCUT2D eigenvalue weighted by atomic mass is 79.9. The Bertz CT molecular complexity index is 133. The Balaban J connectivity index is 2.29. The molecule has 1 unspecified atom stereocenters. The molecule has 1 fully saturated rings. The van der Waals surface area contributed by atoms with Crippen LogP contribution in [0.2, 0.25) is 0 Å². The highest BCUT2D eigenvalue weighted by Crippen LogP contribution is 2.34. The predicted octanol–water partition coefficient (Wildman–Crippen LogP) is 2.60. The molecule has 78 valence electrons. The zero-order valence-electron chi connectivity index (χ0n) is 8.35. The molecule has 1 rings (SSSR count). The van der Waals surface area contributed by atoms with Crippen LogP contribution in [0, 0.1) is 5.41 Å².